The second-order valence-electron chi connectivity index (χ2n) is 4.07. The molecule has 0 saturated heterocycles. The Labute approximate surface area is 117 Å². The Hall–Kier alpha value is -2.15. The maximum Gasteiger partial charge on any atom is 0.278 e. The zero-order valence-corrected chi connectivity index (χ0v) is 10.8. The lowest BCUT2D eigenvalue weighted by Crippen LogP contribution is -2.07. The van der Waals surface area contributed by atoms with Gasteiger partial charge < -0.3 is 4.57 Å². The molecule has 0 bridgehead atoms. The van der Waals surface area contributed by atoms with E-state index < -0.39 is 6.43 Å². The molecule has 3 aromatic rings. The fraction of sp³-hybridized carbons (Fsp3) is 0.167. The Morgan fingerprint density at radius 3 is 2.75 bits per heavy atom. The summed E-state index contributed by atoms with van der Waals surface area (Å²) in [7, 11) is 0. The Morgan fingerprint density at radius 2 is 2.05 bits per heavy atom. The van der Waals surface area contributed by atoms with Crippen LogP contribution in [0.3, 0.4) is 0 Å². The van der Waals surface area contributed by atoms with Crippen molar-refractivity contribution in [2.45, 2.75) is 13.0 Å². The Balaban J connectivity index is 2.15. The van der Waals surface area contributed by atoms with Crippen LogP contribution in [0.5, 0.6) is 0 Å². The molecule has 0 unspecified atom stereocenters. The van der Waals surface area contributed by atoms with Crippen LogP contribution in [0.2, 0.25) is 5.28 Å². The maximum atomic E-state index is 13.1. The average Bonchev–Trinajstić information content (AvgIpc) is 2.78. The average molecular weight is 296 g/mol. The Bertz CT molecular complexity index is 744. The van der Waals surface area contributed by atoms with Gasteiger partial charge in [-0.2, -0.15) is 4.98 Å². The van der Waals surface area contributed by atoms with Gasteiger partial charge in [0.15, 0.2) is 0 Å². The van der Waals surface area contributed by atoms with Crippen molar-refractivity contribution in [2.24, 2.45) is 0 Å². The highest BCUT2D eigenvalue weighted by molar-refractivity contribution is 6.28. The van der Waals surface area contributed by atoms with Crippen LogP contribution in [0.4, 0.5) is 8.78 Å². The quantitative estimate of drug-likeness (QED) is 0.697. The van der Waals surface area contributed by atoms with Gasteiger partial charge in [-0.1, -0.05) is 0 Å². The largest absolute Gasteiger partial charge is 0.318 e. The van der Waals surface area contributed by atoms with Crippen molar-refractivity contribution in [1.29, 1.82) is 0 Å². The second-order valence-corrected chi connectivity index (χ2v) is 4.41. The predicted molar refractivity (Wildman–Crippen MR) is 68.6 cm³/mol. The number of fused-ring (bicyclic) bond motifs is 1. The lowest BCUT2D eigenvalue weighted by atomic mass is 10.4. The molecule has 5 nitrogen and oxygen atoms in total. The van der Waals surface area contributed by atoms with Gasteiger partial charge in [0.25, 0.3) is 6.43 Å². The number of aromatic nitrogens is 5. The summed E-state index contributed by atoms with van der Waals surface area (Å²) in [4.78, 5) is 15.8. The molecule has 0 aliphatic rings. The highest BCUT2D eigenvalue weighted by Crippen LogP contribution is 2.27. The summed E-state index contributed by atoms with van der Waals surface area (Å²) in [6.07, 6.45) is 3.34. The fourth-order valence-corrected chi connectivity index (χ4v) is 2.09. The smallest absolute Gasteiger partial charge is 0.278 e. The molecule has 0 N–H and O–H groups in total. The van der Waals surface area contributed by atoms with Crippen LogP contribution in [0.15, 0.2) is 30.9 Å². The van der Waals surface area contributed by atoms with Gasteiger partial charge in [0.1, 0.15) is 5.65 Å². The van der Waals surface area contributed by atoms with Crippen LogP contribution in [0.25, 0.3) is 11.0 Å². The number of rotatable bonds is 3. The third-order valence-electron chi connectivity index (χ3n) is 2.80. The van der Waals surface area contributed by atoms with E-state index in [0.717, 1.165) is 0 Å². The minimum absolute atomic E-state index is 0.0109. The third kappa shape index (κ3) is 2.32. The summed E-state index contributed by atoms with van der Waals surface area (Å²) in [6.45, 7) is 0.143. The standard InChI is InChI=1S/C12H8ClF2N5/c13-12-18-4-7-3-9(10(14)15)20(11(7)19-12)6-8-5-16-1-2-17-8/h1-5,10H,6H2. The summed E-state index contributed by atoms with van der Waals surface area (Å²) >= 11 is 5.73. The van der Waals surface area contributed by atoms with Crippen molar-refractivity contribution in [3.05, 3.63) is 47.5 Å². The first kappa shape index (κ1) is 12.9. The molecule has 0 radical (unpaired) electrons. The van der Waals surface area contributed by atoms with Crippen LogP contribution in [0.1, 0.15) is 17.8 Å². The number of hydrogen-bond donors (Lipinski definition) is 0. The second kappa shape index (κ2) is 5.09. The molecule has 3 aromatic heterocycles. The van der Waals surface area contributed by atoms with Crippen LogP contribution in [-0.2, 0) is 6.54 Å². The summed E-state index contributed by atoms with van der Waals surface area (Å²) in [5.41, 5.74) is 0.759. The van der Waals surface area contributed by atoms with E-state index in [9.17, 15) is 8.78 Å². The number of nitrogens with zero attached hydrogens (tertiary/aromatic N) is 5. The lowest BCUT2D eigenvalue weighted by molar-refractivity contribution is 0.142. The SMILES string of the molecule is FC(F)c1cc2cnc(Cl)nc2n1Cc1cnccn1. The minimum atomic E-state index is -2.63. The molecular weight excluding hydrogens is 288 g/mol. The van der Waals surface area contributed by atoms with E-state index in [2.05, 4.69) is 19.9 Å². The minimum Gasteiger partial charge on any atom is -0.318 e. The fourth-order valence-electron chi connectivity index (χ4n) is 1.96. The third-order valence-corrected chi connectivity index (χ3v) is 2.98. The molecule has 0 amide bonds. The van der Waals surface area contributed by atoms with E-state index >= 15 is 0 Å². The van der Waals surface area contributed by atoms with Crippen molar-refractivity contribution in [1.82, 2.24) is 24.5 Å². The molecular formula is C12H8ClF2N5. The molecule has 0 saturated carbocycles. The molecule has 0 spiro atoms. The molecule has 0 fully saturated rings. The number of halogens is 3. The summed E-state index contributed by atoms with van der Waals surface area (Å²) < 4.78 is 27.6. The van der Waals surface area contributed by atoms with E-state index in [-0.39, 0.29) is 17.5 Å². The summed E-state index contributed by atoms with van der Waals surface area (Å²) in [6, 6.07) is 1.35. The first-order valence-electron chi connectivity index (χ1n) is 5.70. The monoisotopic (exact) mass is 295 g/mol. The molecule has 3 rings (SSSR count). The molecule has 0 atom stereocenters. The Morgan fingerprint density at radius 1 is 1.20 bits per heavy atom. The lowest BCUT2D eigenvalue weighted by Gasteiger charge is -2.08. The van der Waals surface area contributed by atoms with Crippen molar-refractivity contribution >= 4 is 22.6 Å². The zero-order valence-electron chi connectivity index (χ0n) is 10.0. The summed E-state index contributed by atoms with van der Waals surface area (Å²) in [5.74, 6) is 0. The van der Waals surface area contributed by atoms with E-state index in [1.54, 1.807) is 0 Å². The molecule has 102 valence electrons. The van der Waals surface area contributed by atoms with Crippen molar-refractivity contribution in [3.63, 3.8) is 0 Å². The molecule has 0 aliphatic carbocycles. The van der Waals surface area contributed by atoms with Gasteiger partial charge in [0.2, 0.25) is 5.28 Å². The van der Waals surface area contributed by atoms with Crippen LogP contribution in [-0.4, -0.2) is 24.5 Å². The van der Waals surface area contributed by atoms with E-state index in [1.165, 1.54) is 35.4 Å². The van der Waals surface area contributed by atoms with Crippen molar-refractivity contribution in [2.75, 3.05) is 0 Å². The molecule has 8 heteroatoms. The molecule has 0 aromatic carbocycles. The van der Waals surface area contributed by atoms with Gasteiger partial charge in [-0.15, -0.1) is 0 Å². The van der Waals surface area contributed by atoms with Crippen LogP contribution < -0.4 is 0 Å². The highest BCUT2D eigenvalue weighted by atomic mass is 35.5. The molecule has 20 heavy (non-hydrogen) atoms. The van der Waals surface area contributed by atoms with Gasteiger partial charge in [0, 0.05) is 24.0 Å². The van der Waals surface area contributed by atoms with Gasteiger partial charge >= 0.3 is 0 Å². The van der Waals surface area contributed by atoms with Crippen molar-refractivity contribution < 1.29 is 8.78 Å². The normalized spacial score (nSPS) is 11.4. The molecule has 0 aliphatic heterocycles. The Kier molecular flexibility index (Phi) is 3.27. The van der Waals surface area contributed by atoms with E-state index in [4.69, 9.17) is 11.6 Å². The first-order valence-corrected chi connectivity index (χ1v) is 6.07. The maximum absolute atomic E-state index is 13.1. The first-order chi connectivity index (χ1) is 9.65. The topological polar surface area (TPSA) is 56.5 Å². The van der Waals surface area contributed by atoms with Crippen molar-refractivity contribution in [3.8, 4) is 0 Å². The summed E-state index contributed by atoms with van der Waals surface area (Å²) in [5, 5.41) is 0.519. The zero-order chi connectivity index (χ0) is 14.1. The van der Waals surface area contributed by atoms with Gasteiger partial charge in [-0.05, 0) is 17.7 Å². The van der Waals surface area contributed by atoms with Crippen LogP contribution >= 0.6 is 11.6 Å². The predicted octanol–water partition coefficient (Wildman–Crippen LogP) is 2.86. The molecule has 3 heterocycles. The van der Waals surface area contributed by atoms with Crippen LogP contribution in [0, 0.1) is 0 Å². The van der Waals surface area contributed by atoms with E-state index in [1.807, 2.05) is 0 Å². The van der Waals surface area contributed by atoms with Gasteiger partial charge in [-0.25, -0.2) is 13.8 Å². The number of hydrogen-bond acceptors (Lipinski definition) is 4. The van der Waals surface area contributed by atoms with Gasteiger partial charge in [-0.3, -0.25) is 9.97 Å². The number of alkyl halides is 2. The highest BCUT2D eigenvalue weighted by Gasteiger charge is 2.18. The van der Waals surface area contributed by atoms with E-state index in [0.29, 0.717) is 16.7 Å². The van der Waals surface area contributed by atoms with Gasteiger partial charge in [0.05, 0.1) is 24.1 Å².